The van der Waals surface area contributed by atoms with E-state index in [1.165, 1.54) is 0 Å². The lowest BCUT2D eigenvalue weighted by molar-refractivity contribution is 0.0468. The Morgan fingerprint density at radius 2 is 2.00 bits per heavy atom. The highest BCUT2D eigenvalue weighted by Crippen LogP contribution is 2.08. The molecule has 96 valence electrons. The van der Waals surface area contributed by atoms with E-state index in [0.717, 1.165) is 0 Å². The number of carbonyl (C=O) groups excluding carboxylic acids is 1. The molecule has 2 unspecified atom stereocenters. The largest absolute Gasteiger partial charge is 0.444 e. The number of amides is 1. The summed E-state index contributed by atoms with van der Waals surface area (Å²) in [4.78, 5) is 11.5. The number of nitrogens with two attached hydrogens (primary N) is 1. The van der Waals surface area contributed by atoms with E-state index in [4.69, 9.17) is 15.2 Å². The molecule has 3 N–H and O–H groups in total. The number of ether oxygens (including phenoxy) is 2. The minimum atomic E-state index is -0.492. The summed E-state index contributed by atoms with van der Waals surface area (Å²) in [5.74, 6) is 0.155. The maximum atomic E-state index is 11.5. The van der Waals surface area contributed by atoms with Gasteiger partial charge in [-0.3, -0.25) is 0 Å². The molecule has 0 aromatic carbocycles. The van der Waals surface area contributed by atoms with Crippen molar-refractivity contribution in [3.63, 3.8) is 0 Å². The molecule has 0 saturated carbocycles. The van der Waals surface area contributed by atoms with Crippen LogP contribution in [-0.2, 0) is 9.47 Å². The molecule has 0 fully saturated rings. The minimum absolute atomic E-state index is 0.130. The van der Waals surface area contributed by atoms with Crippen molar-refractivity contribution in [1.82, 2.24) is 5.32 Å². The van der Waals surface area contributed by atoms with E-state index < -0.39 is 11.7 Å². The molecule has 1 amide bonds. The summed E-state index contributed by atoms with van der Waals surface area (Å²) in [5, 5.41) is 2.74. The predicted octanol–water partition coefficient (Wildman–Crippen LogP) is 1.12. The summed E-state index contributed by atoms with van der Waals surface area (Å²) >= 11 is 0. The van der Waals surface area contributed by atoms with Gasteiger partial charge in [0.1, 0.15) is 5.60 Å². The van der Waals surface area contributed by atoms with Gasteiger partial charge in [0.2, 0.25) is 0 Å². The van der Waals surface area contributed by atoms with Gasteiger partial charge in [-0.1, -0.05) is 6.92 Å². The molecule has 5 heteroatoms. The van der Waals surface area contributed by atoms with E-state index in [9.17, 15) is 4.79 Å². The van der Waals surface area contributed by atoms with Gasteiger partial charge >= 0.3 is 6.09 Å². The Morgan fingerprint density at radius 3 is 2.38 bits per heavy atom. The molecular weight excluding hydrogens is 208 g/mol. The van der Waals surface area contributed by atoms with Gasteiger partial charge in [-0.2, -0.15) is 0 Å². The van der Waals surface area contributed by atoms with Gasteiger partial charge in [-0.25, -0.2) is 4.79 Å². The standard InChI is InChI=1S/C11H24N2O3/c1-8(7-15-5)9(6-12)13-10(14)16-11(2,3)4/h8-9H,6-7,12H2,1-5H3,(H,13,14). The lowest BCUT2D eigenvalue weighted by Gasteiger charge is -2.26. The Kier molecular flexibility index (Phi) is 6.36. The van der Waals surface area contributed by atoms with Gasteiger partial charge in [0.15, 0.2) is 0 Å². The number of alkyl carbamates (subject to hydrolysis) is 1. The summed E-state index contributed by atoms with van der Waals surface area (Å²) in [6.45, 7) is 8.35. The van der Waals surface area contributed by atoms with Crippen LogP contribution in [0.5, 0.6) is 0 Å². The Labute approximate surface area is 97.7 Å². The average Bonchev–Trinajstić information content (AvgIpc) is 2.11. The Morgan fingerprint density at radius 1 is 1.44 bits per heavy atom. The van der Waals surface area contributed by atoms with E-state index in [1.807, 2.05) is 27.7 Å². The molecule has 0 aliphatic heterocycles. The van der Waals surface area contributed by atoms with E-state index in [1.54, 1.807) is 7.11 Å². The van der Waals surface area contributed by atoms with Crippen molar-refractivity contribution in [3.05, 3.63) is 0 Å². The van der Waals surface area contributed by atoms with Crippen molar-refractivity contribution in [1.29, 1.82) is 0 Å². The third-order valence-electron chi connectivity index (χ3n) is 2.07. The van der Waals surface area contributed by atoms with Crippen LogP contribution in [0, 0.1) is 5.92 Å². The van der Waals surface area contributed by atoms with Crippen LogP contribution in [0.2, 0.25) is 0 Å². The normalized spacial score (nSPS) is 15.4. The van der Waals surface area contributed by atoms with E-state index in [2.05, 4.69) is 5.32 Å². The first-order valence-electron chi connectivity index (χ1n) is 5.48. The number of carbonyl (C=O) groups is 1. The molecule has 0 bridgehead atoms. The maximum absolute atomic E-state index is 11.5. The molecule has 0 aliphatic carbocycles. The van der Waals surface area contributed by atoms with E-state index in [0.29, 0.717) is 13.2 Å². The fraction of sp³-hybridized carbons (Fsp3) is 0.909. The van der Waals surface area contributed by atoms with E-state index >= 15 is 0 Å². The van der Waals surface area contributed by atoms with Gasteiger partial charge < -0.3 is 20.5 Å². The molecule has 2 atom stereocenters. The zero-order valence-electron chi connectivity index (χ0n) is 10.9. The fourth-order valence-electron chi connectivity index (χ4n) is 1.27. The molecular formula is C11H24N2O3. The minimum Gasteiger partial charge on any atom is -0.444 e. The average molecular weight is 232 g/mol. The van der Waals surface area contributed by atoms with Crippen LogP contribution in [0.15, 0.2) is 0 Å². The number of hydrogen-bond donors (Lipinski definition) is 2. The fourth-order valence-corrected chi connectivity index (χ4v) is 1.27. The monoisotopic (exact) mass is 232 g/mol. The van der Waals surface area contributed by atoms with Gasteiger partial charge in [-0.05, 0) is 20.8 Å². The summed E-state index contributed by atoms with van der Waals surface area (Å²) in [6.07, 6.45) is -0.439. The van der Waals surface area contributed by atoms with Gasteiger partial charge in [-0.15, -0.1) is 0 Å². The van der Waals surface area contributed by atoms with Crippen molar-refractivity contribution < 1.29 is 14.3 Å². The second-order valence-corrected chi connectivity index (χ2v) is 4.92. The van der Waals surface area contributed by atoms with Crippen LogP contribution < -0.4 is 11.1 Å². The second-order valence-electron chi connectivity index (χ2n) is 4.92. The zero-order valence-corrected chi connectivity index (χ0v) is 10.9. The smallest absolute Gasteiger partial charge is 0.407 e. The second kappa shape index (κ2) is 6.70. The van der Waals surface area contributed by atoms with Crippen LogP contribution in [0.25, 0.3) is 0 Å². The Hall–Kier alpha value is -0.810. The highest BCUT2D eigenvalue weighted by Gasteiger charge is 2.22. The summed E-state index contributed by atoms with van der Waals surface area (Å²) in [5.41, 5.74) is 5.10. The predicted molar refractivity (Wildman–Crippen MR) is 63.3 cm³/mol. The number of rotatable bonds is 5. The highest BCUT2D eigenvalue weighted by atomic mass is 16.6. The van der Waals surface area contributed by atoms with Crippen molar-refractivity contribution in [2.45, 2.75) is 39.3 Å². The van der Waals surface area contributed by atoms with Crippen molar-refractivity contribution >= 4 is 6.09 Å². The molecule has 0 saturated heterocycles. The molecule has 0 rings (SSSR count). The summed E-state index contributed by atoms with van der Waals surface area (Å²) in [7, 11) is 1.62. The van der Waals surface area contributed by atoms with Crippen LogP contribution in [0.4, 0.5) is 4.79 Å². The Balaban J connectivity index is 4.16. The molecule has 0 aromatic heterocycles. The summed E-state index contributed by atoms with van der Waals surface area (Å²) < 4.78 is 10.2. The van der Waals surface area contributed by atoms with E-state index in [-0.39, 0.29) is 12.0 Å². The molecule has 0 spiro atoms. The molecule has 0 radical (unpaired) electrons. The van der Waals surface area contributed by atoms with Crippen molar-refractivity contribution in [3.8, 4) is 0 Å². The third kappa shape index (κ3) is 6.63. The molecule has 0 aromatic rings. The first-order valence-corrected chi connectivity index (χ1v) is 5.48. The summed E-state index contributed by atoms with van der Waals surface area (Å²) in [6, 6.07) is -0.130. The van der Waals surface area contributed by atoms with Crippen LogP contribution in [0.1, 0.15) is 27.7 Å². The van der Waals surface area contributed by atoms with Gasteiger partial charge in [0.25, 0.3) is 0 Å². The zero-order chi connectivity index (χ0) is 12.8. The molecule has 0 heterocycles. The maximum Gasteiger partial charge on any atom is 0.407 e. The first-order chi connectivity index (χ1) is 7.30. The molecule has 16 heavy (non-hydrogen) atoms. The highest BCUT2D eigenvalue weighted by molar-refractivity contribution is 5.68. The number of nitrogens with one attached hydrogen (secondary N) is 1. The SMILES string of the molecule is COCC(C)C(CN)NC(=O)OC(C)(C)C. The third-order valence-corrected chi connectivity index (χ3v) is 2.07. The van der Waals surface area contributed by atoms with Crippen molar-refractivity contribution in [2.24, 2.45) is 11.7 Å². The van der Waals surface area contributed by atoms with Gasteiger partial charge in [0, 0.05) is 25.6 Å². The Bertz CT molecular complexity index is 214. The topological polar surface area (TPSA) is 73.6 Å². The number of methoxy groups -OCH3 is 1. The van der Waals surface area contributed by atoms with Crippen molar-refractivity contribution in [2.75, 3.05) is 20.3 Å². The van der Waals surface area contributed by atoms with Gasteiger partial charge in [0.05, 0.1) is 6.61 Å². The molecule has 0 aliphatic rings. The lowest BCUT2D eigenvalue weighted by atomic mass is 10.0. The lowest BCUT2D eigenvalue weighted by Crippen LogP contribution is -2.47. The van der Waals surface area contributed by atoms with Crippen LogP contribution in [-0.4, -0.2) is 38.0 Å². The quantitative estimate of drug-likeness (QED) is 0.745. The molecule has 5 nitrogen and oxygen atoms in total. The van der Waals surface area contributed by atoms with Crippen LogP contribution in [0.3, 0.4) is 0 Å². The number of hydrogen-bond acceptors (Lipinski definition) is 4. The van der Waals surface area contributed by atoms with Crippen LogP contribution >= 0.6 is 0 Å². The first kappa shape index (κ1) is 15.2.